The van der Waals surface area contributed by atoms with Crippen molar-refractivity contribution in [3.8, 4) is 0 Å². The van der Waals surface area contributed by atoms with Crippen LogP contribution >= 0.6 is 0 Å². The Hall–Kier alpha value is -1.23. The van der Waals surface area contributed by atoms with Gasteiger partial charge in [-0.2, -0.15) is 0 Å². The van der Waals surface area contributed by atoms with Gasteiger partial charge in [0.15, 0.2) is 0 Å². The molecule has 26 heavy (non-hydrogen) atoms. The minimum Gasteiger partial charge on any atom is -0.462 e. The first-order valence-corrected chi connectivity index (χ1v) is 10.0. The number of aliphatic hydroxyl groups is 1. The number of ether oxygens (including phenoxy) is 1. The Bertz CT molecular complexity index is 587. The number of hydrogen-bond donors (Lipinski definition) is 1. The van der Waals surface area contributed by atoms with Crippen LogP contribution in [0.3, 0.4) is 0 Å². The predicted octanol–water partition coefficient (Wildman–Crippen LogP) is 3.07. The van der Waals surface area contributed by atoms with Crippen LogP contribution in [0.2, 0.25) is 0 Å². The maximum atomic E-state index is 12.5. The van der Waals surface area contributed by atoms with Crippen LogP contribution in [0.5, 0.6) is 0 Å². The summed E-state index contributed by atoms with van der Waals surface area (Å²) in [7, 11) is 0. The molecule has 3 saturated carbocycles. The van der Waals surface area contributed by atoms with Gasteiger partial charge >= 0.3 is 5.97 Å². The van der Waals surface area contributed by atoms with Gasteiger partial charge in [0.1, 0.15) is 18.2 Å². The number of aldehydes is 1. The molecule has 3 aliphatic rings. The number of hydrogen-bond acceptors (Lipinski definition) is 5. The molecule has 3 aliphatic carbocycles. The average molecular weight is 364 g/mol. The normalized spacial score (nSPS) is 45.8. The molecule has 0 spiro atoms. The number of aliphatic hydroxyl groups excluding tert-OH is 1. The molecule has 0 aromatic rings. The summed E-state index contributed by atoms with van der Waals surface area (Å²) in [5, 5.41) is 11.0. The van der Waals surface area contributed by atoms with Crippen molar-refractivity contribution in [2.75, 3.05) is 0 Å². The van der Waals surface area contributed by atoms with Crippen LogP contribution in [0.4, 0.5) is 0 Å². The molecule has 146 valence electrons. The fraction of sp³-hybridized carbons (Fsp3) is 0.857. The van der Waals surface area contributed by atoms with E-state index in [0.717, 1.165) is 38.4 Å². The molecule has 3 fully saturated rings. The lowest BCUT2D eigenvalue weighted by Gasteiger charge is -2.55. The summed E-state index contributed by atoms with van der Waals surface area (Å²) >= 11 is 0. The molecule has 1 N–H and O–H groups in total. The summed E-state index contributed by atoms with van der Waals surface area (Å²) in [5.74, 6) is 0.672. The van der Waals surface area contributed by atoms with Crippen molar-refractivity contribution in [2.24, 2.45) is 28.6 Å². The summed E-state index contributed by atoms with van der Waals surface area (Å²) in [6, 6.07) is 0. The number of fused-ring (bicyclic) bond motifs is 1. The largest absolute Gasteiger partial charge is 0.462 e. The highest BCUT2D eigenvalue weighted by Gasteiger charge is 2.58. The number of carbonyl (C=O) groups excluding carboxylic acids is 3. The Morgan fingerprint density at radius 2 is 1.96 bits per heavy atom. The Kier molecular flexibility index (Phi) is 5.31. The van der Waals surface area contributed by atoms with Crippen LogP contribution in [0.1, 0.15) is 72.1 Å². The SMILES string of the molecule is CC(=O)O[C@H]1CC[C@](C)(C2CC[C@]3(C)C(=O)CC[C@H]3[C@@H]2CC=O)C(O)C1. The molecule has 0 aromatic carbocycles. The van der Waals surface area contributed by atoms with E-state index >= 15 is 0 Å². The molecule has 0 bridgehead atoms. The molecular formula is C21H32O5. The van der Waals surface area contributed by atoms with Crippen LogP contribution in [-0.2, 0) is 19.1 Å². The van der Waals surface area contributed by atoms with E-state index in [1.807, 2.05) is 0 Å². The van der Waals surface area contributed by atoms with E-state index in [9.17, 15) is 19.5 Å². The first kappa shape index (κ1) is 19.5. The molecular weight excluding hydrogens is 332 g/mol. The quantitative estimate of drug-likeness (QED) is 0.612. The average Bonchev–Trinajstić information content (AvgIpc) is 2.87. The van der Waals surface area contributed by atoms with E-state index in [-0.39, 0.29) is 40.7 Å². The third-order valence-corrected chi connectivity index (χ3v) is 7.95. The highest BCUT2D eigenvalue weighted by Crippen LogP contribution is 2.60. The van der Waals surface area contributed by atoms with E-state index in [4.69, 9.17) is 4.74 Å². The van der Waals surface area contributed by atoms with Gasteiger partial charge < -0.3 is 14.6 Å². The molecule has 0 amide bonds. The maximum Gasteiger partial charge on any atom is 0.302 e. The molecule has 0 aromatic heterocycles. The van der Waals surface area contributed by atoms with Crippen LogP contribution in [0, 0.1) is 28.6 Å². The second-order valence-corrected chi connectivity index (χ2v) is 9.22. The molecule has 2 unspecified atom stereocenters. The van der Waals surface area contributed by atoms with Crippen LogP contribution in [-0.4, -0.2) is 35.4 Å². The zero-order valence-electron chi connectivity index (χ0n) is 16.2. The van der Waals surface area contributed by atoms with Gasteiger partial charge in [-0.3, -0.25) is 9.59 Å². The van der Waals surface area contributed by atoms with Gasteiger partial charge in [-0.15, -0.1) is 0 Å². The number of rotatable bonds is 4. The third kappa shape index (κ3) is 3.12. The Morgan fingerprint density at radius 1 is 1.23 bits per heavy atom. The van der Waals surface area contributed by atoms with Gasteiger partial charge in [0.2, 0.25) is 0 Å². The molecule has 0 radical (unpaired) electrons. The lowest BCUT2D eigenvalue weighted by molar-refractivity contribution is -0.161. The minimum absolute atomic E-state index is 0.155. The fourth-order valence-corrected chi connectivity index (χ4v) is 6.37. The van der Waals surface area contributed by atoms with Crippen molar-refractivity contribution in [1.29, 1.82) is 0 Å². The first-order chi connectivity index (χ1) is 12.2. The van der Waals surface area contributed by atoms with Crippen molar-refractivity contribution >= 4 is 18.0 Å². The number of esters is 1. The maximum absolute atomic E-state index is 12.5. The first-order valence-electron chi connectivity index (χ1n) is 10.0. The number of Topliss-reactive ketones (excluding diaryl/α,β-unsaturated/α-hetero) is 1. The van der Waals surface area contributed by atoms with Gasteiger partial charge in [0.25, 0.3) is 0 Å². The van der Waals surface area contributed by atoms with Crippen LogP contribution < -0.4 is 0 Å². The second-order valence-electron chi connectivity index (χ2n) is 9.22. The number of carbonyl (C=O) groups is 3. The topological polar surface area (TPSA) is 80.7 Å². The van der Waals surface area contributed by atoms with Gasteiger partial charge in [-0.1, -0.05) is 13.8 Å². The zero-order chi connectivity index (χ0) is 19.1. The molecule has 7 atom stereocenters. The van der Waals surface area contributed by atoms with Crippen LogP contribution in [0.25, 0.3) is 0 Å². The predicted molar refractivity (Wildman–Crippen MR) is 96.3 cm³/mol. The molecule has 0 saturated heterocycles. The van der Waals surface area contributed by atoms with Gasteiger partial charge in [-0.05, 0) is 55.3 Å². The highest BCUT2D eigenvalue weighted by molar-refractivity contribution is 5.87. The standard InChI is InChI=1S/C21H32O5/c1-13(23)26-14-6-9-21(3,19(25)12-14)17-7-10-20(2)16(4-5-18(20)24)15(17)8-11-22/h11,14-17,19,25H,4-10,12H2,1-3H3/t14-,15-,16-,17?,19?,20-,21+/m0/s1. The van der Waals surface area contributed by atoms with Crippen molar-refractivity contribution in [2.45, 2.75) is 84.3 Å². The second kappa shape index (κ2) is 7.06. The molecule has 5 nitrogen and oxygen atoms in total. The molecule has 3 rings (SSSR count). The van der Waals surface area contributed by atoms with Gasteiger partial charge in [0, 0.05) is 31.6 Å². The molecule has 5 heteroatoms. The summed E-state index contributed by atoms with van der Waals surface area (Å²) < 4.78 is 5.32. The Morgan fingerprint density at radius 3 is 2.58 bits per heavy atom. The summed E-state index contributed by atoms with van der Waals surface area (Å²) in [4.78, 5) is 35.1. The van der Waals surface area contributed by atoms with Crippen LogP contribution in [0.15, 0.2) is 0 Å². The summed E-state index contributed by atoms with van der Waals surface area (Å²) in [6.45, 7) is 5.61. The van der Waals surface area contributed by atoms with E-state index in [1.54, 1.807) is 0 Å². The van der Waals surface area contributed by atoms with Crippen molar-refractivity contribution in [1.82, 2.24) is 0 Å². The Balaban J connectivity index is 1.82. The summed E-state index contributed by atoms with van der Waals surface area (Å²) in [6.07, 6.45) is 5.89. The minimum atomic E-state index is -0.554. The Labute approximate surface area is 155 Å². The highest BCUT2D eigenvalue weighted by atomic mass is 16.5. The van der Waals surface area contributed by atoms with Crippen molar-refractivity contribution in [3.63, 3.8) is 0 Å². The van der Waals surface area contributed by atoms with Gasteiger partial charge in [-0.25, -0.2) is 0 Å². The fourth-order valence-electron chi connectivity index (χ4n) is 6.37. The monoisotopic (exact) mass is 364 g/mol. The lowest BCUT2D eigenvalue weighted by atomic mass is 9.50. The van der Waals surface area contributed by atoms with E-state index in [1.165, 1.54) is 6.92 Å². The zero-order valence-corrected chi connectivity index (χ0v) is 16.2. The number of ketones is 1. The van der Waals surface area contributed by atoms with E-state index in [0.29, 0.717) is 25.0 Å². The van der Waals surface area contributed by atoms with Crippen molar-refractivity contribution in [3.05, 3.63) is 0 Å². The molecule has 0 aliphatic heterocycles. The smallest absolute Gasteiger partial charge is 0.302 e. The van der Waals surface area contributed by atoms with E-state index < -0.39 is 6.10 Å². The third-order valence-electron chi connectivity index (χ3n) is 7.95. The summed E-state index contributed by atoms with van der Waals surface area (Å²) in [5.41, 5.74) is -0.586. The molecule has 0 heterocycles. The van der Waals surface area contributed by atoms with E-state index in [2.05, 4.69) is 13.8 Å². The van der Waals surface area contributed by atoms with Gasteiger partial charge in [0.05, 0.1) is 6.10 Å². The lowest BCUT2D eigenvalue weighted by Crippen LogP contribution is -2.53. The van der Waals surface area contributed by atoms with Crippen molar-refractivity contribution < 1.29 is 24.2 Å².